The smallest absolute Gasteiger partial charge is 0.263 e. The van der Waals surface area contributed by atoms with Crippen LogP contribution in [0.25, 0.3) is 0 Å². The Bertz CT molecular complexity index is 608. The van der Waals surface area contributed by atoms with Gasteiger partial charge in [-0.3, -0.25) is 9.78 Å². The molecule has 0 aliphatic carbocycles. The van der Waals surface area contributed by atoms with E-state index < -0.39 is 0 Å². The highest BCUT2D eigenvalue weighted by Gasteiger charge is 2.25. The zero-order valence-electron chi connectivity index (χ0n) is 12.3. The summed E-state index contributed by atoms with van der Waals surface area (Å²) in [7, 11) is 0. The molecule has 3 nitrogen and oxygen atoms in total. The number of likely N-dealkylation sites (tertiary alicyclic amines) is 1. The molecule has 1 aliphatic heterocycles. The van der Waals surface area contributed by atoms with Gasteiger partial charge in [-0.05, 0) is 60.7 Å². The van der Waals surface area contributed by atoms with Gasteiger partial charge in [0.15, 0.2) is 0 Å². The van der Waals surface area contributed by atoms with Crippen molar-refractivity contribution in [3.05, 3.63) is 52.0 Å². The summed E-state index contributed by atoms with van der Waals surface area (Å²) in [6.07, 6.45) is 7.05. The molecule has 1 fully saturated rings. The molecule has 0 radical (unpaired) electrons. The summed E-state index contributed by atoms with van der Waals surface area (Å²) in [5.74, 6) is 0.747. The highest BCUT2D eigenvalue weighted by atomic mass is 32.1. The third-order valence-corrected chi connectivity index (χ3v) is 5.03. The highest BCUT2D eigenvalue weighted by molar-refractivity contribution is 7.12. The van der Waals surface area contributed by atoms with Crippen LogP contribution >= 0.6 is 11.3 Å². The lowest BCUT2D eigenvalue weighted by molar-refractivity contribution is 0.0678. The molecule has 0 N–H and O–H groups in total. The van der Waals surface area contributed by atoms with Gasteiger partial charge in [-0.25, -0.2) is 0 Å². The number of nitrogens with zero attached hydrogens (tertiary/aromatic N) is 2. The zero-order chi connectivity index (χ0) is 14.7. The Morgan fingerprint density at radius 2 is 2.43 bits per heavy atom. The minimum atomic E-state index is 0.198. The first kappa shape index (κ1) is 14.3. The Morgan fingerprint density at radius 3 is 3.14 bits per heavy atom. The number of hydrogen-bond donors (Lipinski definition) is 0. The number of rotatable bonds is 3. The number of thiophene rings is 1. The van der Waals surface area contributed by atoms with Crippen molar-refractivity contribution >= 4 is 17.2 Å². The van der Waals surface area contributed by atoms with E-state index >= 15 is 0 Å². The summed E-state index contributed by atoms with van der Waals surface area (Å²) >= 11 is 1.56. The van der Waals surface area contributed by atoms with Crippen molar-refractivity contribution in [2.45, 2.75) is 26.2 Å². The van der Waals surface area contributed by atoms with E-state index in [0.717, 1.165) is 30.8 Å². The van der Waals surface area contributed by atoms with Crippen molar-refractivity contribution in [2.75, 3.05) is 13.1 Å². The average molecular weight is 300 g/mol. The van der Waals surface area contributed by atoms with Gasteiger partial charge in [-0.15, -0.1) is 11.3 Å². The summed E-state index contributed by atoms with van der Waals surface area (Å²) in [6, 6.07) is 6.10. The lowest BCUT2D eigenvalue weighted by Crippen LogP contribution is -2.40. The fraction of sp³-hybridized carbons (Fsp3) is 0.412. The van der Waals surface area contributed by atoms with Crippen molar-refractivity contribution in [2.24, 2.45) is 5.92 Å². The predicted octanol–water partition coefficient (Wildman–Crippen LogP) is 3.55. The quantitative estimate of drug-likeness (QED) is 0.868. The molecule has 3 heterocycles. The van der Waals surface area contributed by atoms with Crippen LogP contribution in [-0.2, 0) is 6.42 Å². The minimum Gasteiger partial charge on any atom is -0.338 e. The Kier molecular flexibility index (Phi) is 4.34. The van der Waals surface area contributed by atoms with Gasteiger partial charge in [0.2, 0.25) is 0 Å². The second-order valence-electron chi connectivity index (χ2n) is 5.81. The molecule has 0 spiro atoms. The van der Waals surface area contributed by atoms with Gasteiger partial charge in [0.05, 0.1) is 4.88 Å². The van der Waals surface area contributed by atoms with Gasteiger partial charge in [0.25, 0.3) is 5.91 Å². The molecule has 1 saturated heterocycles. The fourth-order valence-corrected chi connectivity index (χ4v) is 3.83. The second kappa shape index (κ2) is 6.39. The molecule has 110 valence electrons. The normalized spacial score (nSPS) is 18.7. The standard InChI is InChI=1S/C17H20N2OS/c1-13-8-16(21-12-13)17(20)19-7-3-5-15(11-19)9-14-4-2-6-18-10-14/h2,4,6,8,10,12,15H,3,5,7,9,11H2,1H3/t15-/m1/s1. The van der Waals surface area contributed by atoms with Crippen LogP contribution in [0.15, 0.2) is 36.0 Å². The molecule has 1 atom stereocenters. The monoisotopic (exact) mass is 300 g/mol. The molecule has 2 aromatic rings. The van der Waals surface area contributed by atoms with Crippen molar-refractivity contribution in [1.29, 1.82) is 0 Å². The molecule has 3 rings (SSSR count). The van der Waals surface area contributed by atoms with E-state index in [1.54, 1.807) is 17.5 Å². The van der Waals surface area contributed by atoms with E-state index in [4.69, 9.17) is 0 Å². The van der Waals surface area contributed by atoms with E-state index in [9.17, 15) is 4.79 Å². The molecule has 2 aromatic heterocycles. The van der Waals surface area contributed by atoms with Crippen molar-refractivity contribution in [3.8, 4) is 0 Å². The number of hydrogen-bond acceptors (Lipinski definition) is 3. The molecule has 0 saturated carbocycles. The summed E-state index contributed by atoms with van der Waals surface area (Å²) in [4.78, 5) is 19.6. The molecule has 21 heavy (non-hydrogen) atoms. The Morgan fingerprint density at radius 1 is 1.52 bits per heavy atom. The third-order valence-electron chi connectivity index (χ3n) is 3.99. The SMILES string of the molecule is Cc1csc(C(=O)N2CCC[C@H](Cc3cccnc3)C2)c1. The Labute approximate surface area is 129 Å². The van der Waals surface area contributed by atoms with Crippen molar-refractivity contribution in [3.63, 3.8) is 0 Å². The first-order chi connectivity index (χ1) is 10.2. The van der Waals surface area contributed by atoms with Gasteiger partial charge in [0.1, 0.15) is 0 Å². The summed E-state index contributed by atoms with van der Waals surface area (Å²) in [5, 5.41) is 2.05. The third kappa shape index (κ3) is 3.50. The van der Waals surface area contributed by atoms with Crippen molar-refractivity contribution < 1.29 is 4.79 Å². The van der Waals surface area contributed by atoms with Gasteiger partial charge in [0, 0.05) is 25.5 Å². The van der Waals surface area contributed by atoms with Gasteiger partial charge in [-0.2, -0.15) is 0 Å². The lowest BCUT2D eigenvalue weighted by Gasteiger charge is -2.32. The molecule has 1 aliphatic rings. The van der Waals surface area contributed by atoms with Gasteiger partial charge >= 0.3 is 0 Å². The molecule has 0 bridgehead atoms. The van der Waals surface area contributed by atoms with Crippen LogP contribution in [0.5, 0.6) is 0 Å². The summed E-state index contributed by atoms with van der Waals surface area (Å²) in [6.45, 7) is 3.79. The number of pyridine rings is 1. The molecule has 1 amide bonds. The Balaban J connectivity index is 1.64. The van der Waals surface area contributed by atoms with Crippen molar-refractivity contribution in [1.82, 2.24) is 9.88 Å². The lowest BCUT2D eigenvalue weighted by atomic mass is 9.92. The number of aryl methyl sites for hydroxylation is 1. The molecular weight excluding hydrogens is 280 g/mol. The average Bonchev–Trinajstić information content (AvgIpc) is 2.94. The largest absolute Gasteiger partial charge is 0.338 e. The van der Waals surface area contributed by atoms with Crippen LogP contribution in [0.2, 0.25) is 0 Å². The van der Waals surface area contributed by atoms with Crippen LogP contribution in [0.3, 0.4) is 0 Å². The minimum absolute atomic E-state index is 0.198. The second-order valence-corrected chi connectivity index (χ2v) is 6.72. The van der Waals surface area contributed by atoms with Crippen LogP contribution in [0, 0.1) is 12.8 Å². The predicted molar refractivity (Wildman–Crippen MR) is 85.6 cm³/mol. The number of amides is 1. The van der Waals surface area contributed by atoms with Crippen LogP contribution in [-0.4, -0.2) is 28.9 Å². The Hall–Kier alpha value is -1.68. The maximum absolute atomic E-state index is 12.5. The summed E-state index contributed by atoms with van der Waals surface area (Å²) in [5.41, 5.74) is 2.44. The van der Waals surface area contributed by atoms with Gasteiger partial charge in [-0.1, -0.05) is 6.07 Å². The van der Waals surface area contributed by atoms with Gasteiger partial charge < -0.3 is 4.90 Å². The zero-order valence-corrected chi connectivity index (χ0v) is 13.1. The topological polar surface area (TPSA) is 33.2 Å². The summed E-state index contributed by atoms with van der Waals surface area (Å²) < 4.78 is 0. The maximum atomic E-state index is 12.5. The number of piperidine rings is 1. The molecule has 0 unspecified atom stereocenters. The maximum Gasteiger partial charge on any atom is 0.263 e. The highest BCUT2D eigenvalue weighted by Crippen LogP contribution is 2.24. The first-order valence-corrected chi connectivity index (χ1v) is 8.33. The number of carbonyl (C=O) groups is 1. The first-order valence-electron chi connectivity index (χ1n) is 7.45. The number of carbonyl (C=O) groups excluding carboxylic acids is 1. The fourth-order valence-electron chi connectivity index (χ4n) is 2.97. The molecule has 4 heteroatoms. The van der Waals surface area contributed by atoms with Crippen LogP contribution in [0.1, 0.15) is 33.6 Å². The molecule has 0 aromatic carbocycles. The van der Waals surface area contributed by atoms with E-state index in [-0.39, 0.29) is 5.91 Å². The van der Waals surface area contributed by atoms with Crippen LogP contribution < -0.4 is 0 Å². The number of aromatic nitrogens is 1. The van der Waals surface area contributed by atoms with E-state index in [2.05, 4.69) is 11.1 Å². The van der Waals surface area contributed by atoms with E-state index in [1.165, 1.54) is 17.5 Å². The van der Waals surface area contributed by atoms with E-state index in [0.29, 0.717) is 5.92 Å². The molecular formula is C17H20N2OS. The van der Waals surface area contributed by atoms with Crippen LogP contribution in [0.4, 0.5) is 0 Å². The van der Waals surface area contributed by atoms with E-state index in [1.807, 2.05) is 35.5 Å².